The van der Waals surface area contributed by atoms with Gasteiger partial charge in [0.2, 0.25) is 11.8 Å². The Morgan fingerprint density at radius 3 is 2.17 bits per heavy atom. The number of benzene rings is 2. The minimum atomic E-state index is -1.67. The molecule has 1 aliphatic heterocycles. The van der Waals surface area contributed by atoms with Crippen molar-refractivity contribution in [3.63, 3.8) is 0 Å². The molecule has 0 unspecified atom stereocenters. The van der Waals surface area contributed by atoms with Crippen molar-refractivity contribution in [2.24, 2.45) is 11.1 Å². The van der Waals surface area contributed by atoms with Crippen molar-refractivity contribution in [3.8, 4) is 0 Å². The highest BCUT2D eigenvalue weighted by molar-refractivity contribution is 7.80. The van der Waals surface area contributed by atoms with Gasteiger partial charge in [-0.3, -0.25) is 28.8 Å². The Kier molecular flexibility index (Phi) is 15.6. The number of hydrogen-bond donors (Lipinski definition) is 9. The van der Waals surface area contributed by atoms with Crippen molar-refractivity contribution >= 4 is 77.1 Å². The number of para-hydroxylation sites is 2. The lowest BCUT2D eigenvalue weighted by molar-refractivity contribution is -0.143. The average Bonchev–Trinajstić information content (AvgIpc) is 3.28. The third-order valence-electron chi connectivity index (χ3n) is 9.90. The van der Waals surface area contributed by atoms with Crippen molar-refractivity contribution in [1.29, 1.82) is 0 Å². The predicted octanol–water partition coefficient (Wildman–Crippen LogP) is 1.49. The molecule has 1 fully saturated rings. The number of urea groups is 1. The number of amides is 6. The highest BCUT2D eigenvalue weighted by Gasteiger charge is 2.39. The van der Waals surface area contributed by atoms with Crippen LogP contribution in [0.2, 0.25) is 0 Å². The lowest BCUT2D eigenvalue weighted by Crippen LogP contribution is -2.57. The van der Waals surface area contributed by atoms with E-state index in [1.54, 1.807) is 20.8 Å². The fourth-order valence-electron chi connectivity index (χ4n) is 6.59. The van der Waals surface area contributed by atoms with Gasteiger partial charge in [-0.05, 0) is 43.2 Å². The molecule has 0 aromatic heterocycles. The first-order valence-corrected chi connectivity index (χ1v) is 19.6. The van der Waals surface area contributed by atoms with Gasteiger partial charge in [0.05, 0.1) is 24.3 Å². The number of anilines is 3. The molecule has 2 aromatic carbocycles. The van der Waals surface area contributed by atoms with Crippen molar-refractivity contribution in [2.45, 2.75) is 89.5 Å². The quantitative estimate of drug-likeness (QED) is 0.109. The molecule has 1 heterocycles. The second-order valence-electron chi connectivity index (χ2n) is 15.3. The SMILES string of the molecule is CC(C)(C)C(=O)CN1C(=O)[C@H](NC(=O)Nc2cccc(C(=O)NC[C@H](N)C(=O)N[C@@H](CC(=O)O)C(=O)N[C@@H](CS)C(=O)O)c2)CN(C2CCCCC2)c2ccccc21. The van der Waals surface area contributed by atoms with Gasteiger partial charge in [0, 0.05) is 41.6 Å². The van der Waals surface area contributed by atoms with E-state index in [0.717, 1.165) is 37.8 Å². The minimum Gasteiger partial charge on any atom is -0.481 e. The summed E-state index contributed by atoms with van der Waals surface area (Å²) in [6.07, 6.45) is 4.14. The van der Waals surface area contributed by atoms with Gasteiger partial charge < -0.3 is 52.3 Å². The van der Waals surface area contributed by atoms with Crippen LogP contribution in [-0.4, -0.2) is 113 Å². The topological polar surface area (TPSA) is 270 Å². The van der Waals surface area contributed by atoms with Crippen LogP contribution in [0.25, 0.3) is 0 Å². The Morgan fingerprint density at radius 1 is 0.897 bits per heavy atom. The van der Waals surface area contributed by atoms with Crippen LogP contribution >= 0.6 is 12.6 Å². The Bertz CT molecular complexity index is 1880. The van der Waals surface area contributed by atoms with Crippen LogP contribution in [0, 0.1) is 5.41 Å². The molecule has 0 spiro atoms. The fourth-order valence-corrected chi connectivity index (χ4v) is 6.83. The van der Waals surface area contributed by atoms with Crippen LogP contribution in [0.5, 0.6) is 0 Å². The number of carboxylic acids is 2. The molecule has 1 saturated carbocycles. The van der Waals surface area contributed by atoms with Gasteiger partial charge in [-0.1, -0.05) is 58.2 Å². The number of nitrogens with one attached hydrogen (secondary N) is 5. The lowest BCUT2D eigenvalue weighted by Gasteiger charge is -2.37. The van der Waals surface area contributed by atoms with E-state index in [1.807, 2.05) is 24.3 Å². The van der Waals surface area contributed by atoms with E-state index in [-0.39, 0.29) is 41.9 Å². The number of nitrogens with zero attached hydrogens (tertiary/aromatic N) is 2. The van der Waals surface area contributed by atoms with E-state index < -0.39 is 84.1 Å². The number of carboxylic acid groups (broad SMARTS) is 2. The number of rotatable bonds is 16. The number of hydrogen-bond acceptors (Lipinski definition) is 11. The van der Waals surface area contributed by atoms with Crippen LogP contribution < -0.4 is 42.1 Å². The van der Waals surface area contributed by atoms with Gasteiger partial charge in [0.15, 0.2) is 5.78 Å². The largest absolute Gasteiger partial charge is 0.481 e. The Labute approximate surface area is 341 Å². The van der Waals surface area contributed by atoms with E-state index in [2.05, 4.69) is 44.1 Å². The molecule has 314 valence electrons. The van der Waals surface area contributed by atoms with E-state index in [1.165, 1.54) is 29.2 Å². The second-order valence-corrected chi connectivity index (χ2v) is 15.7. The van der Waals surface area contributed by atoms with Crippen molar-refractivity contribution in [2.75, 3.05) is 40.5 Å². The Balaban J connectivity index is 1.43. The van der Waals surface area contributed by atoms with E-state index >= 15 is 0 Å². The molecule has 9 N–H and O–H groups in total. The van der Waals surface area contributed by atoms with Crippen LogP contribution in [0.15, 0.2) is 48.5 Å². The molecule has 0 saturated heterocycles. The molecule has 4 atom stereocenters. The number of carbonyl (C=O) groups is 8. The number of Topliss-reactive ketones (excluding diaryl/α,β-unsaturated/α-hetero) is 1. The number of thiol groups is 1. The molecule has 0 bridgehead atoms. The van der Waals surface area contributed by atoms with E-state index in [0.29, 0.717) is 5.69 Å². The highest BCUT2D eigenvalue weighted by atomic mass is 32.1. The summed E-state index contributed by atoms with van der Waals surface area (Å²) in [6.45, 7) is 4.91. The van der Waals surface area contributed by atoms with Gasteiger partial charge in [-0.15, -0.1) is 0 Å². The molecule has 19 heteroatoms. The molecule has 4 rings (SSSR count). The van der Waals surface area contributed by atoms with Gasteiger partial charge in [-0.25, -0.2) is 9.59 Å². The number of ketones is 1. The molecule has 2 aromatic rings. The Morgan fingerprint density at radius 2 is 1.55 bits per heavy atom. The van der Waals surface area contributed by atoms with E-state index in [9.17, 15) is 48.6 Å². The van der Waals surface area contributed by atoms with Crippen LogP contribution in [0.4, 0.5) is 21.9 Å². The Hall–Kier alpha value is -5.69. The molecule has 6 amide bonds. The number of nitrogens with two attached hydrogens (primary N) is 1. The van der Waals surface area contributed by atoms with E-state index in [4.69, 9.17) is 5.73 Å². The maximum atomic E-state index is 14.3. The number of carbonyl (C=O) groups excluding carboxylic acids is 6. The zero-order valence-corrected chi connectivity index (χ0v) is 33.6. The third kappa shape index (κ3) is 12.2. The van der Waals surface area contributed by atoms with Crippen molar-refractivity contribution in [3.05, 3.63) is 54.1 Å². The lowest BCUT2D eigenvalue weighted by atomic mass is 9.90. The average molecular weight is 825 g/mol. The summed E-state index contributed by atoms with van der Waals surface area (Å²) in [5.41, 5.74) is 6.87. The fraction of sp³-hybridized carbons (Fsp3) is 0.487. The van der Waals surface area contributed by atoms with Gasteiger partial charge in [-0.2, -0.15) is 12.6 Å². The van der Waals surface area contributed by atoms with Crippen LogP contribution in [0.1, 0.15) is 69.7 Å². The number of aliphatic carboxylic acids is 2. The maximum absolute atomic E-state index is 14.3. The highest BCUT2D eigenvalue weighted by Crippen LogP contribution is 2.37. The van der Waals surface area contributed by atoms with Crippen LogP contribution in [-0.2, 0) is 28.8 Å². The molecular formula is C39H52N8O10S. The molecule has 58 heavy (non-hydrogen) atoms. The summed E-state index contributed by atoms with van der Waals surface area (Å²) >= 11 is 3.84. The zero-order chi connectivity index (χ0) is 42.7. The summed E-state index contributed by atoms with van der Waals surface area (Å²) in [7, 11) is 0. The summed E-state index contributed by atoms with van der Waals surface area (Å²) < 4.78 is 0. The maximum Gasteiger partial charge on any atom is 0.327 e. The summed E-state index contributed by atoms with van der Waals surface area (Å²) in [4.78, 5) is 106. The van der Waals surface area contributed by atoms with Crippen molar-refractivity contribution < 1.29 is 48.6 Å². The number of fused-ring (bicyclic) bond motifs is 1. The zero-order valence-electron chi connectivity index (χ0n) is 32.7. The second kappa shape index (κ2) is 20.1. The monoisotopic (exact) mass is 824 g/mol. The first-order valence-electron chi connectivity index (χ1n) is 19.0. The van der Waals surface area contributed by atoms with Gasteiger partial charge in [0.1, 0.15) is 24.2 Å². The molecular weight excluding hydrogens is 773 g/mol. The summed E-state index contributed by atoms with van der Waals surface area (Å²) in [5, 5.41) is 30.6. The standard InChI is InChI=1S/C39H52N8O10S/c1-39(2,3)31(48)20-47-30-15-8-7-14-29(30)46(24-12-5-4-6-13-24)19-27(36(47)54)45-38(57)42-23-11-9-10-22(16-23)33(51)41-18-25(40)34(52)43-26(17-32(49)50)35(53)44-28(21-58)37(55)56/h7-11,14-16,24-28,58H,4-6,12-13,17-21,40H2,1-3H3,(H,41,51)(H,43,52)(H,44,53)(H,49,50)(H,55,56)(H2,42,45,57)/t25-,26-,27+,28-/m0/s1. The normalized spacial score (nSPS) is 17.4. The molecule has 1 aliphatic carbocycles. The molecule has 2 aliphatic rings. The molecule has 18 nitrogen and oxygen atoms in total. The molecule has 0 radical (unpaired) electrons. The summed E-state index contributed by atoms with van der Waals surface area (Å²) in [6, 6.07) is 7.08. The van der Waals surface area contributed by atoms with Crippen LogP contribution in [0.3, 0.4) is 0 Å². The minimum absolute atomic E-state index is 0.0661. The van der Waals surface area contributed by atoms with Gasteiger partial charge >= 0.3 is 18.0 Å². The van der Waals surface area contributed by atoms with Crippen molar-refractivity contribution in [1.82, 2.24) is 21.3 Å². The predicted molar refractivity (Wildman–Crippen MR) is 218 cm³/mol. The first-order chi connectivity index (χ1) is 27.4. The third-order valence-corrected chi connectivity index (χ3v) is 10.3. The van der Waals surface area contributed by atoms with Gasteiger partial charge in [0.25, 0.3) is 11.8 Å². The first kappa shape index (κ1) is 45.0. The smallest absolute Gasteiger partial charge is 0.327 e. The summed E-state index contributed by atoms with van der Waals surface area (Å²) in [5.74, 6) is -6.51.